The molecule has 2 atom stereocenters. The molecule has 1 aliphatic rings. The van der Waals surface area contributed by atoms with Crippen molar-refractivity contribution in [3.8, 4) is 0 Å². The summed E-state index contributed by atoms with van der Waals surface area (Å²) in [5, 5.41) is 3.36. The van der Waals surface area contributed by atoms with Crippen LogP contribution in [0, 0.1) is 5.92 Å². The van der Waals surface area contributed by atoms with Crippen molar-refractivity contribution in [3.05, 3.63) is 18.2 Å². The largest absolute Gasteiger partial charge is 0.336 e. The van der Waals surface area contributed by atoms with E-state index in [1.807, 2.05) is 12.5 Å². The van der Waals surface area contributed by atoms with E-state index in [1.165, 1.54) is 31.5 Å². The van der Waals surface area contributed by atoms with Crippen molar-refractivity contribution in [1.82, 2.24) is 19.8 Å². The number of hydrogen-bond donors (Lipinski definition) is 1. The van der Waals surface area contributed by atoms with Gasteiger partial charge in [-0.05, 0) is 45.4 Å². The Balaban J connectivity index is 2.29. The molecule has 0 bridgehead atoms. The van der Waals surface area contributed by atoms with Gasteiger partial charge in [0.05, 0.1) is 18.1 Å². The molecule has 1 aromatic rings. The van der Waals surface area contributed by atoms with Crippen molar-refractivity contribution in [3.63, 3.8) is 0 Å². The van der Waals surface area contributed by atoms with Crippen LogP contribution in [-0.4, -0.2) is 41.1 Å². The van der Waals surface area contributed by atoms with E-state index in [1.54, 1.807) is 0 Å². The number of aryl methyl sites for hydroxylation is 1. The smallest absolute Gasteiger partial charge is 0.0946 e. The van der Waals surface area contributed by atoms with Gasteiger partial charge >= 0.3 is 0 Å². The second-order valence-corrected chi connectivity index (χ2v) is 5.32. The Hall–Kier alpha value is -0.870. The highest BCUT2D eigenvalue weighted by Crippen LogP contribution is 2.34. The van der Waals surface area contributed by atoms with Gasteiger partial charge in [0.15, 0.2) is 0 Å². The number of aromatic nitrogens is 2. The van der Waals surface area contributed by atoms with E-state index < -0.39 is 0 Å². The van der Waals surface area contributed by atoms with Crippen LogP contribution in [0.25, 0.3) is 0 Å². The highest BCUT2D eigenvalue weighted by Gasteiger charge is 2.31. The number of imidazole rings is 1. The zero-order chi connectivity index (χ0) is 13.0. The molecule has 0 aromatic carbocycles. The number of nitrogens with zero attached hydrogens (tertiary/aromatic N) is 3. The van der Waals surface area contributed by atoms with E-state index in [0.717, 1.165) is 13.1 Å². The predicted molar refractivity (Wildman–Crippen MR) is 74.5 cm³/mol. The fourth-order valence-electron chi connectivity index (χ4n) is 3.23. The van der Waals surface area contributed by atoms with Crippen molar-refractivity contribution >= 4 is 0 Å². The molecule has 18 heavy (non-hydrogen) atoms. The maximum atomic E-state index is 4.31. The standard InChI is InChI=1S/C14H26N4/c1-4-18-8-6-5-7-12(9-15-2)14(18)13-10-16-11-17(13)3/h10-12,14-15H,4-9H2,1-3H3. The molecule has 1 aromatic heterocycles. The van der Waals surface area contributed by atoms with Crippen LogP contribution in [0.4, 0.5) is 0 Å². The van der Waals surface area contributed by atoms with E-state index >= 15 is 0 Å². The quantitative estimate of drug-likeness (QED) is 0.884. The van der Waals surface area contributed by atoms with Crippen LogP contribution in [-0.2, 0) is 7.05 Å². The minimum Gasteiger partial charge on any atom is -0.336 e. The summed E-state index contributed by atoms with van der Waals surface area (Å²) in [7, 11) is 4.17. The molecule has 102 valence electrons. The monoisotopic (exact) mass is 250 g/mol. The van der Waals surface area contributed by atoms with Crippen molar-refractivity contribution in [2.75, 3.05) is 26.7 Å². The van der Waals surface area contributed by atoms with Gasteiger partial charge < -0.3 is 9.88 Å². The molecule has 1 aliphatic heterocycles. The van der Waals surface area contributed by atoms with Gasteiger partial charge in [0, 0.05) is 13.2 Å². The second-order valence-electron chi connectivity index (χ2n) is 5.32. The van der Waals surface area contributed by atoms with Crippen molar-refractivity contribution < 1.29 is 0 Å². The summed E-state index contributed by atoms with van der Waals surface area (Å²) in [6.07, 6.45) is 7.94. The van der Waals surface area contributed by atoms with Gasteiger partial charge in [0.2, 0.25) is 0 Å². The number of hydrogen-bond acceptors (Lipinski definition) is 3. The minimum atomic E-state index is 0.512. The molecular weight excluding hydrogens is 224 g/mol. The zero-order valence-corrected chi connectivity index (χ0v) is 11.9. The molecule has 4 heteroatoms. The molecule has 4 nitrogen and oxygen atoms in total. The number of rotatable bonds is 4. The summed E-state index contributed by atoms with van der Waals surface area (Å²) in [5.74, 6) is 0.688. The molecule has 0 saturated carbocycles. The molecule has 1 N–H and O–H groups in total. The Labute approximate surface area is 110 Å². The summed E-state index contributed by atoms with van der Waals surface area (Å²) in [6, 6.07) is 0.512. The van der Waals surface area contributed by atoms with Crippen LogP contribution in [0.5, 0.6) is 0 Å². The van der Waals surface area contributed by atoms with Crippen LogP contribution >= 0.6 is 0 Å². The first-order valence-electron chi connectivity index (χ1n) is 7.12. The van der Waals surface area contributed by atoms with E-state index in [0.29, 0.717) is 12.0 Å². The van der Waals surface area contributed by atoms with E-state index in [9.17, 15) is 0 Å². The molecule has 2 unspecified atom stereocenters. The normalized spacial score (nSPS) is 26.2. The minimum absolute atomic E-state index is 0.512. The Morgan fingerprint density at radius 2 is 2.28 bits per heavy atom. The first kappa shape index (κ1) is 13.6. The Kier molecular flexibility index (Phi) is 4.78. The van der Waals surface area contributed by atoms with Gasteiger partial charge in [-0.1, -0.05) is 13.3 Å². The molecule has 2 heterocycles. The van der Waals surface area contributed by atoms with E-state index in [4.69, 9.17) is 0 Å². The topological polar surface area (TPSA) is 33.1 Å². The van der Waals surface area contributed by atoms with Crippen LogP contribution in [0.3, 0.4) is 0 Å². The van der Waals surface area contributed by atoms with Gasteiger partial charge in [-0.3, -0.25) is 4.90 Å². The van der Waals surface area contributed by atoms with Gasteiger partial charge in [-0.15, -0.1) is 0 Å². The van der Waals surface area contributed by atoms with Crippen LogP contribution in [0.2, 0.25) is 0 Å². The van der Waals surface area contributed by atoms with Gasteiger partial charge in [-0.25, -0.2) is 4.98 Å². The summed E-state index contributed by atoms with van der Waals surface area (Å²) < 4.78 is 2.18. The lowest BCUT2D eigenvalue weighted by Crippen LogP contribution is -2.37. The fraction of sp³-hybridized carbons (Fsp3) is 0.786. The van der Waals surface area contributed by atoms with Crippen molar-refractivity contribution in [1.29, 1.82) is 0 Å². The molecule has 2 rings (SSSR count). The lowest BCUT2D eigenvalue weighted by Gasteiger charge is -2.34. The molecular formula is C14H26N4. The van der Waals surface area contributed by atoms with Gasteiger partial charge in [0.25, 0.3) is 0 Å². The molecule has 0 amide bonds. The number of nitrogens with one attached hydrogen (secondary N) is 1. The summed E-state index contributed by atoms with van der Waals surface area (Å²) >= 11 is 0. The van der Waals surface area contributed by atoms with E-state index in [2.05, 4.69) is 40.8 Å². The maximum absolute atomic E-state index is 4.31. The fourth-order valence-corrected chi connectivity index (χ4v) is 3.23. The first-order valence-corrected chi connectivity index (χ1v) is 7.12. The van der Waals surface area contributed by atoms with E-state index in [-0.39, 0.29) is 0 Å². The zero-order valence-electron chi connectivity index (χ0n) is 11.9. The van der Waals surface area contributed by atoms with Crippen molar-refractivity contribution in [2.45, 2.75) is 32.2 Å². The predicted octanol–water partition coefficient (Wildman–Crippen LogP) is 1.80. The highest BCUT2D eigenvalue weighted by atomic mass is 15.2. The van der Waals surface area contributed by atoms with Crippen LogP contribution in [0.15, 0.2) is 12.5 Å². The molecule has 1 saturated heterocycles. The maximum Gasteiger partial charge on any atom is 0.0946 e. The third-order valence-corrected chi connectivity index (χ3v) is 4.14. The molecule has 1 fully saturated rings. The second kappa shape index (κ2) is 6.34. The highest BCUT2D eigenvalue weighted by molar-refractivity contribution is 5.08. The SMILES string of the molecule is CCN1CCCCC(CNC)C1c1cncn1C. The lowest BCUT2D eigenvalue weighted by molar-refractivity contribution is 0.156. The summed E-state index contributed by atoms with van der Waals surface area (Å²) in [5.41, 5.74) is 1.36. The summed E-state index contributed by atoms with van der Waals surface area (Å²) in [6.45, 7) is 5.69. The molecule has 0 spiro atoms. The van der Waals surface area contributed by atoms with Crippen LogP contribution < -0.4 is 5.32 Å². The summed E-state index contributed by atoms with van der Waals surface area (Å²) in [4.78, 5) is 6.92. The Morgan fingerprint density at radius 1 is 1.44 bits per heavy atom. The van der Waals surface area contributed by atoms with Crippen molar-refractivity contribution in [2.24, 2.45) is 13.0 Å². The number of likely N-dealkylation sites (tertiary alicyclic amines) is 1. The van der Waals surface area contributed by atoms with Crippen LogP contribution in [0.1, 0.15) is 37.9 Å². The average molecular weight is 250 g/mol. The third kappa shape index (κ3) is 2.75. The molecule has 0 radical (unpaired) electrons. The third-order valence-electron chi connectivity index (χ3n) is 4.14. The Bertz CT molecular complexity index is 360. The molecule has 0 aliphatic carbocycles. The lowest BCUT2D eigenvalue weighted by atomic mass is 9.92. The first-order chi connectivity index (χ1) is 8.77. The Morgan fingerprint density at radius 3 is 2.89 bits per heavy atom. The van der Waals surface area contributed by atoms with Gasteiger partial charge in [-0.2, -0.15) is 0 Å². The average Bonchev–Trinajstić information content (AvgIpc) is 2.68. The van der Waals surface area contributed by atoms with Gasteiger partial charge in [0.1, 0.15) is 0 Å².